The third-order valence-corrected chi connectivity index (χ3v) is 13.8. The highest BCUT2D eigenvalue weighted by atomic mass is 31.2. The van der Waals surface area contributed by atoms with Gasteiger partial charge in [-0.3, -0.25) is 27.7 Å². The molecule has 1 aliphatic rings. The molecular formula is C47H89O19P3. The normalized spacial score (nSPS) is 21.5. The van der Waals surface area contributed by atoms with E-state index in [1.54, 1.807) is 0 Å². The highest BCUT2D eigenvalue weighted by Gasteiger charge is 2.56. The van der Waals surface area contributed by atoms with Crippen molar-refractivity contribution in [3.8, 4) is 0 Å². The minimum atomic E-state index is -5.60. The number of unbranched alkanes of at least 4 members (excludes halogenated alkanes) is 24. The molecule has 0 aromatic carbocycles. The molecule has 0 spiro atoms. The summed E-state index contributed by atoms with van der Waals surface area (Å²) in [6.07, 6.45) is 23.2. The second-order valence-corrected chi connectivity index (χ2v) is 21.9. The number of phosphoric ester groups is 3. The van der Waals surface area contributed by atoms with Gasteiger partial charge >= 0.3 is 35.4 Å². The van der Waals surface area contributed by atoms with E-state index in [-0.39, 0.29) is 12.8 Å². The van der Waals surface area contributed by atoms with Gasteiger partial charge in [-0.15, -0.1) is 0 Å². The lowest BCUT2D eigenvalue weighted by Gasteiger charge is -2.44. The molecule has 406 valence electrons. The molecule has 1 aliphatic carbocycles. The number of aliphatic hydroxyl groups is 3. The summed E-state index contributed by atoms with van der Waals surface area (Å²) >= 11 is 0. The number of aliphatic hydroxyl groups excluding tert-OH is 3. The molecule has 0 heterocycles. The van der Waals surface area contributed by atoms with Crippen LogP contribution in [0.15, 0.2) is 24.3 Å². The van der Waals surface area contributed by atoms with E-state index in [1.165, 1.54) is 89.9 Å². The minimum absolute atomic E-state index is 0.00396. The Kier molecular flexibility index (Phi) is 37.2. The minimum Gasteiger partial charge on any atom is -0.462 e. The fourth-order valence-electron chi connectivity index (χ4n) is 7.91. The molecule has 0 aliphatic heterocycles. The van der Waals surface area contributed by atoms with Crippen LogP contribution in [0, 0.1) is 0 Å². The average molecular weight is 1050 g/mol. The second kappa shape index (κ2) is 39.1. The summed E-state index contributed by atoms with van der Waals surface area (Å²) in [6.45, 7) is 2.94. The molecule has 8 N–H and O–H groups in total. The summed E-state index contributed by atoms with van der Waals surface area (Å²) in [6, 6.07) is 0. The molecule has 69 heavy (non-hydrogen) atoms. The van der Waals surface area contributed by atoms with Crippen molar-refractivity contribution < 1.29 is 90.6 Å². The van der Waals surface area contributed by atoms with Gasteiger partial charge in [0.25, 0.3) is 0 Å². The first-order valence-corrected chi connectivity index (χ1v) is 30.2. The van der Waals surface area contributed by atoms with E-state index < -0.39 is 91.3 Å². The van der Waals surface area contributed by atoms with Gasteiger partial charge < -0.3 is 49.3 Å². The molecule has 0 saturated heterocycles. The standard InChI is InChI=1S/C47H89O19P3/c1-3-5-7-9-11-13-15-17-18-19-20-21-22-24-26-28-30-32-34-36-41(49)63-39(37-61-40(48)35-33-31-29-27-25-23-16-14-12-10-8-6-4-2)38-62-69(59,60)66-45-42(50)43(51)46(64-67(53,54)55)47(44(45)52)65-68(56,57)58/h11,13,17-18,39,42-47,50-52H,3-10,12,14-16,19-38H2,1-2H3,(H,59,60)(H2,53,54,55)(H2,56,57,58). The van der Waals surface area contributed by atoms with E-state index >= 15 is 0 Å². The van der Waals surface area contributed by atoms with Gasteiger partial charge in [-0.2, -0.15) is 0 Å². The fourth-order valence-corrected chi connectivity index (χ4v) is 10.0. The Hall–Kier alpha value is -1.37. The van der Waals surface area contributed by atoms with Crippen LogP contribution in [0.25, 0.3) is 0 Å². The van der Waals surface area contributed by atoms with E-state index in [4.69, 9.17) is 18.5 Å². The first kappa shape index (κ1) is 65.6. The zero-order chi connectivity index (χ0) is 51.4. The van der Waals surface area contributed by atoms with E-state index in [2.05, 4.69) is 47.2 Å². The van der Waals surface area contributed by atoms with Crippen LogP contribution >= 0.6 is 23.5 Å². The number of carbonyl (C=O) groups is 2. The quantitative estimate of drug-likeness (QED) is 0.0122. The van der Waals surface area contributed by atoms with Crippen molar-refractivity contribution in [1.29, 1.82) is 0 Å². The van der Waals surface area contributed by atoms with Crippen LogP contribution in [0.5, 0.6) is 0 Å². The molecule has 1 saturated carbocycles. The number of esters is 2. The number of hydrogen-bond donors (Lipinski definition) is 8. The van der Waals surface area contributed by atoms with Crippen molar-refractivity contribution in [3.05, 3.63) is 24.3 Å². The number of allylic oxidation sites excluding steroid dienone is 4. The maximum absolute atomic E-state index is 13.1. The molecule has 0 amide bonds. The van der Waals surface area contributed by atoms with E-state index in [9.17, 15) is 63.1 Å². The van der Waals surface area contributed by atoms with Gasteiger partial charge in [-0.1, -0.05) is 173 Å². The lowest BCUT2D eigenvalue weighted by Crippen LogP contribution is -2.65. The smallest absolute Gasteiger partial charge is 0.462 e. The Morgan fingerprint density at radius 3 is 1.30 bits per heavy atom. The van der Waals surface area contributed by atoms with Crippen LogP contribution in [0.1, 0.15) is 206 Å². The Balaban J connectivity index is 2.67. The Morgan fingerprint density at radius 2 is 0.841 bits per heavy atom. The summed E-state index contributed by atoms with van der Waals surface area (Å²) in [7, 11) is -16.6. The van der Waals surface area contributed by atoms with Gasteiger partial charge in [0, 0.05) is 12.8 Å². The molecule has 19 nitrogen and oxygen atoms in total. The zero-order valence-electron chi connectivity index (χ0n) is 41.4. The third-order valence-electron chi connectivity index (χ3n) is 11.8. The van der Waals surface area contributed by atoms with Gasteiger partial charge in [0.1, 0.15) is 43.2 Å². The molecule has 22 heteroatoms. The van der Waals surface area contributed by atoms with Crippen LogP contribution in [0.4, 0.5) is 0 Å². The van der Waals surface area contributed by atoms with Crippen LogP contribution in [-0.4, -0.2) is 108 Å². The van der Waals surface area contributed by atoms with Crippen LogP contribution < -0.4 is 0 Å². The van der Waals surface area contributed by atoms with Gasteiger partial charge in [0.05, 0.1) is 6.61 Å². The number of hydrogen-bond acceptors (Lipinski definition) is 14. The Labute approximate surface area is 411 Å². The van der Waals surface area contributed by atoms with Gasteiger partial charge in [0.2, 0.25) is 0 Å². The molecule has 8 unspecified atom stereocenters. The fraction of sp³-hybridized carbons (Fsp3) is 0.872. The molecule has 8 atom stereocenters. The van der Waals surface area contributed by atoms with Gasteiger partial charge in [0.15, 0.2) is 6.10 Å². The van der Waals surface area contributed by atoms with Gasteiger partial charge in [-0.05, 0) is 44.9 Å². The topological polar surface area (TPSA) is 303 Å². The van der Waals surface area contributed by atoms with Crippen LogP contribution in [0.2, 0.25) is 0 Å². The monoisotopic (exact) mass is 1050 g/mol. The van der Waals surface area contributed by atoms with Crippen LogP contribution in [0.3, 0.4) is 0 Å². The van der Waals surface area contributed by atoms with Crippen molar-refractivity contribution in [2.45, 2.75) is 249 Å². The molecule has 0 aromatic rings. The van der Waals surface area contributed by atoms with Crippen molar-refractivity contribution in [2.75, 3.05) is 13.2 Å². The largest absolute Gasteiger partial charge is 0.472 e. The maximum Gasteiger partial charge on any atom is 0.472 e. The average Bonchev–Trinajstić information content (AvgIpc) is 3.28. The lowest BCUT2D eigenvalue weighted by atomic mass is 9.85. The molecule has 1 rings (SSSR count). The third kappa shape index (κ3) is 35.4. The summed E-state index contributed by atoms with van der Waals surface area (Å²) in [5, 5.41) is 31.9. The predicted molar refractivity (Wildman–Crippen MR) is 261 cm³/mol. The molecule has 1 fully saturated rings. The van der Waals surface area contributed by atoms with Crippen molar-refractivity contribution in [1.82, 2.24) is 0 Å². The van der Waals surface area contributed by atoms with Crippen molar-refractivity contribution >= 4 is 35.4 Å². The second-order valence-electron chi connectivity index (χ2n) is 18.1. The molecule has 0 radical (unpaired) electrons. The summed E-state index contributed by atoms with van der Waals surface area (Å²) in [4.78, 5) is 73.3. The van der Waals surface area contributed by atoms with E-state index in [0.29, 0.717) is 12.8 Å². The van der Waals surface area contributed by atoms with E-state index in [1.807, 2.05) is 0 Å². The SMILES string of the molecule is CCCCCC=CCC=CCCCCCCCCCCCC(=O)OC(COC(=O)CCCCCCCCCCCCCCC)COP(=O)(O)OC1C(O)C(O)C(OP(=O)(O)O)C(OP(=O)(O)O)C1O. The highest BCUT2D eigenvalue weighted by molar-refractivity contribution is 7.47. The number of rotatable bonds is 44. The summed E-state index contributed by atoms with van der Waals surface area (Å²) in [5.41, 5.74) is 0. The molecular weight excluding hydrogens is 961 g/mol. The van der Waals surface area contributed by atoms with Crippen LogP contribution in [-0.2, 0) is 50.9 Å². The molecule has 0 aromatic heterocycles. The first-order chi connectivity index (χ1) is 32.8. The first-order valence-electron chi connectivity index (χ1n) is 25.6. The Morgan fingerprint density at radius 1 is 0.464 bits per heavy atom. The summed E-state index contributed by atoms with van der Waals surface area (Å²) < 4.78 is 65.6. The zero-order valence-corrected chi connectivity index (χ0v) is 44.1. The number of ether oxygens (including phenoxy) is 2. The van der Waals surface area contributed by atoms with Gasteiger partial charge in [-0.25, -0.2) is 13.7 Å². The number of phosphoric acid groups is 3. The lowest BCUT2D eigenvalue weighted by molar-refractivity contribution is -0.213. The van der Waals surface area contributed by atoms with Crippen molar-refractivity contribution in [3.63, 3.8) is 0 Å². The summed E-state index contributed by atoms with van der Waals surface area (Å²) in [5.74, 6) is -1.29. The van der Waals surface area contributed by atoms with E-state index in [0.717, 1.165) is 77.0 Å². The van der Waals surface area contributed by atoms with Crippen molar-refractivity contribution in [2.24, 2.45) is 0 Å². The Bertz CT molecular complexity index is 1540. The maximum atomic E-state index is 13.1. The molecule has 0 bridgehead atoms. The number of carbonyl (C=O) groups excluding carboxylic acids is 2. The predicted octanol–water partition coefficient (Wildman–Crippen LogP) is 9.85. The highest BCUT2D eigenvalue weighted by Crippen LogP contribution is 2.51.